The molecule has 23 heavy (non-hydrogen) atoms. The Morgan fingerprint density at radius 3 is 1.17 bits per heavy atom. The summed E-state index contributed by atoms with van der Waals surface area (Å²) in [7, 11) is 0. The fourth-order valence-corrected chi connectivity index (χ4v) is 3.10. The number of halogens is 1. The predicted molar refractivity (Wildman–Crippen MR) is 100 cm³/mol. The van der Waals surface area contributed by atoms with E-state index in [0.29, 0.717) is 6.42 Å². The van der Waals surface area contributed by atoms with Gasteiger partial charge in [-0.25, -0.2) is 0 Å². The molecule has 0 aliphatic rings. The smallest absolute Gasteiger partial charge is 0.221 e. The Morgan fingerprint density at radius 1 is 0.565 bits per heavy atom. The van der Waals surface area contributed by atoms with Crippen molar-refractivity contribution in [1.82, 2.24) is 0 Å². The van der Waals surface area contributed by atoms with E-state index in [0.717, 1.165) is 32.0 Å². The third kappa shape index (κ3) is 21.6. The first-order valence-electron chi connectivity index (χ1n) is 9.89. The first kappa shape index (κ1) is 22.6. The number of hydrogen-bond acceptors (Lipinski definition) is 2. The molecular weight excluding hydrogens is 308 g/mol. The van der Waals surface area contributed by atoms with Crippen LogP contribution in [0.1, 0.15) is 116 Å². The van der Waals surface area contributed by atoms with Gasteiger partial charge in [-0.1, -0.05) is 89.9 Å². The van der Waals surface area contributed by atoms with Gasteiger partial charge in [0.1, 0.15) is 6.29 Å². The van der Waals surface area contributed by atoms with Gasteiger partial charge < -0.3 is 4.79 Å². The number of carbonyl (C=O) groups is 2. The first-order chi connectivity index (χ1) is 11.3. The van der Waals surface area contributed by atoms with Crippen LogP contribution in [0, 0.1) is 0 Å². The fraction of sp³-hybridized carbons (Fsp3) is 0.900. The topological polar surface area (TPSA) is 34.1 Å². The Balaban J connectivity index is 2.97. The van der Waals surface area contributed by atoms with Crippen molar-refractivity contribution in [3.63, 3.8) is 0 Å². The number of aldehydes is 1. The second kappa shape index (κ2) is 19.7. The SMILES string of the molecule is O=CCCCCCCCCCCCCCCCCCCC(=O)Cl. The molecule has 0 aromatic carbocycles. The van der Waals surface area contributed by atoms with Crippen LogP contribution in [0.2, 0.25) is 0 Å². The first-order valence-corrected chi connectivity index (χ1v) is 10.3. The summed E-state index contributed by atoms with van der Waals surface area (Å²) < 4.78 is 0. The number of unbranched alkanes of at least 4 members (excludes halogenated alkanes) is 16. The highest BCUT2D eigenvalue weighted by atomic mass is 35.5. The van der Waals surface area contributed by atoms with E-state index in [1.54, 1.807) is 0 Å². The molecule has 0 N–H and O–H groups in total. The van der Waals surface area contributed by atoms with E-state index < -0.39 is 0 Å². The molecule has 0 heterocycles. The van der Waals surface area contributed by atoms with E-state index in [1.165, 1.54) is 83.5 Å². The molecule has 0 atom stereocenters. The largest absolute Gasteiger partial charge is 0.303 e. The van der Waals surface area contributed by atoms with Gasteiger partial charge in [-0.15, -0.1) is 0 Å². The summed E-state index contributed by atoms with van der Waals surface area (Å²) in [5.41, 5.74) is 0. The predicted octanol–water partition coefficient (Wildman–Crippen LogP) is 6.97. The summed E-state index contributed by atoms with van der Waals surface area (Å²) in [5, 5.41) is -0.192. The summed E-state index contributed by atoms with van der Waals surface area (Å²) in [4.78, 5) is 20.7. The van der Waals surface area contributed by atoms with Crippen molar-refractivity contribution in [2.24, 2.45) is 0 Å². The summed E-state index contributed by atoms with van der Waals surface area (Å²) in [5.74, 6) is 0. The van der Waals surface area contributed by atoms with E-state index in [4.69, 9.17) is 11.6 Å². The van der Waals surface area contributed by atoms with E-state index in [1.807, 2.05) is 0 Å². The van der Waals surface area contributed by atoms with Gasteiger partial charge in [0.15, 0.2) is 0 Å². The highest BCUT2D eigenvalue weighted by Crippen LogP contribution is 2.14. The van der Waals surface area contributed by atoms with Crippen molar-refractivity contribution in [3.05, 3.63) is 0 Å². The summed E-state index contributed by atoms with van der Waals surface area (Å²) in [6.07, 6.45) is 22.9. The van der Waals surface area contributed by atoms with Gasteiger partial charge in [0.25, 0.3) is 0 Å². The van der Waals surface area contributed by atoms with Crippen molar-refractivity contribution in [2.75, 3.05) is 0 Å². The zero-order valence-corrected chi connectivity index (χ0v) is 15.8. The lowest BCUT2D eigenvalue weighted by molar-refractivity contribution is -0.111. The molecule has 0 unspecified atom stereocenters. The molecular formula is C20H37ClO2. The normalized spacial score (nSPS) is 10.8. The van der Waals surface area contributed by atoms with Gasteiger partial charge in [0, 0.05) is 12.8 Å². The molecule has 0 radical (unpaired) electrons. The minimum Gasteiger partial charge on any atom is -0.303 e. The number of hydrogen-bond donors (Lipinski definition) is 0. The van der Waals surface area contributed by atoms with Gasteiger partial charge >= 0.3 is 0 Å². The van der Waals surface area contributed by atoms with Gasteiger partial charge in [0.05, 0.1) is 0 Å². The number of rotatable bonds is 19. The second-order valence-electron chi connectivity index (χ2n) is 6.72. The zero-order chi connectivity index (χ0) is 17.0. The summed E-state index contributed by atoms with van der Waals surface area (Å²) >= 11 is 5.30. The molecule has 0 saturated carbocycles. The minimum absolute atomic E-state index is 0.192. The Kier molecular flexibility index (Phi) is 19.4. The fourth-order valence-electron chi connectivity index (χ4n) is 2.97. The Labute approximate surface area is 148 Å². The highest BCUT2D eigenvalue weighted by molar-refractivity contribution is 6.63. The van der Waals surface area contributed by atoms with E-state index >= 15 is 0 Å². The highest BCUT2D eigenvalue weighted by Gasteiger charge is 1.97. The molecule has 0 aliphatic carbocycles. The Morgan fingerprint density at radius 2 is 0.870 bits per heavy atom. The molecule has 2 nitrogen and oxygen atoms in total. The molecule has 0 bridgehead atoms. The lowest BCUT2D eigenvalue weighted by Gasteiger charge is -2.03. The maximum Gasteiger partial charge on any atom is 0.221 e. The average Bonchev–Trinajstić information content (AvgIpc) is 2.53. The summed E-state index contributed by atoms with van der Waals surface area (Å²) in [6.45, 7) is 0. The van der Waals surface area contributed by atoms with E-state index in [2.05, 4.69) is 0 Å². The van der Waals surface area contributed by atoms with Crippen LogP contribution >= 0.6 is 11.6 Å². The molecule has 0 saturated heterocycles. The molecule has 0 aromatic rings. The molecule has 0 spiro atoms. The minimum atomic E-state index is -0.192. The quantitative estimate of drug-likeness (QED) is 0.144. The third-order valence-electron chi connectivity index (χ3n) is 4.45. The monoisotopic (exact) mass is 344 g/mol. The Hall–Kier alpha value is -0.370. The van der Waals surface area contributed by atoms with Crippen molar-refractivity contribution in [3.8, 4) is 0 Å². The standard InChI is InChI=1S/C20H37ClO2/c21-20(23)18-16-14-12-10-8-6-4-2-1-3-5-7-9-11-13-15-17-19-22/h19H,1-18H2. The van der Waals surface area contributed by atoms with Crippen LogP contribution in [0.3, 0.4) is 0 Å². The van der Waals surface area contributed by atoms with Crippen LogP contribution in [-0.2, 0) is 9.59 Å². The van der Waals surface area contributed by atoms with Crippen molar-refractivity contribution in [1.29, 1.82) is 0 Å². The number of carbonyl (C=O) groups excluding carboxylic acids is 2. The van der Waals surface area contributed by atoms with E-state index in [-0.39, 0.29) is 5.24 Å². The molecule has 0 rings (SSSR count). The maximum atomic E-state index is 10.6. The molecule has 0 amide bonds. The van der Waals surface area contributed by atoms with E-state index in [9.17, 15) is 9.59 Å². The van der Waals surface area contributed by atoms with Gasteiger partial charge in [-0.3, -0.25) is 4.79 Å². The molecule has 0 aliphatic heterocycles. The molecule has 3 heteroatoms. The molecule has 136 valence electrons. The van der Waals surface area contributed by atoms with Gasteiger partial charge in [-0.2, -0.15) is 0 Å². The Bertz CT molecular complexity index is 266. The zero-order valence-electron chi connectivity index (χ0n) is 15.0. The lowest BCUT2D eigenvalue weighted by atomic mass is 10.0. The van der Waals surface area contributed by atoms with Crippen LogP contribution in [-0.4, -0.2) is 11.5 Å². The molecule has 0 aromatic heterocycles. The third-order valence-corrected chi connectivity index (χ3v) is 4.63. The van der Waals surface area contributed by atoms with Gasteiger partial charge in [0.2, 0.25) is 5.24 Å². The maximum absolute atomic E-state index is 10.6. The van der Waals surface area contributed by atoms with Crippen LogP contribution < -0.4 is 0 Å². The van der Waals surface area contributed by atoms with Crippen LogP contribution in [0.25, 0.3) is 0 Å². The second-order valence-corrected chi connectivity index (χ2v) is 7.14. The lowest BCUT2D eigenvalue weighted by Crippen LogP contribution is -1.86. The van der Waals surface area contributed by atoms with Crippen LogP contribution in [0.5, 0.6) is 0 Å². The average molecular weight is 345 g/mol. The molecule has 0 fully saturated rings. The van der Waals surface area contributed by atoms with Crippen molar-refractivity contribution in [2.45, 2.75) is 116 Å². The van der Waals surface area contributed by atoms with Crippen LogP contribution in [0.15, 0.2) is 0 Å². The van der Waals surface area contributed by atoms with Crippen LogP contribution in [0.4, 0.5) is 0 Å². The summed E-state index contributed by atoms with van der Waals surface area (Å²) in [6, 6.07) is 0. The van der Waals surface area contributed by atoms with Crippen molar-refractivity contribution >= 4 is 23.1 Å². The van der Waals surface area contributed by atoms with Crippen molar-refractivity contribution < 1.29 is 9.59 Å². The van der Waals surface area contributed by atoms with Gasteiger partial charge in [-0.05, 0) is 24.4 Å².